The van der Waals surface area contributed by atoms with Crippen LogP contribution in [0.25, 0.3) is 0 Å². The Morgan fingerprint density at radius 2 is 0.600 bits per heavy atom. The minimum absolute atomic E-state index is 0.957. The van der Waals surface area contributed by atoms with Crippen molar-refractivity contribution in [3.8, 4) is 0 Å². The Labute approximate surface area is 252 Å². The highest BCUT2D eigenvalue weighted by atomic mass is 14.9. The van der Waals surface area contributed by atoms with E-state index in [4.69, 9.17) is 9.97 Å². The molecular weight excluding hydrogens is 484 g/mol. The highest BCUT2D eigenvalue weighted by Gasteiger charge is 2.05. The average molecular weight is 557 g/mol. The summed E-state index contributed by atoms with van der Waals surface area (Å²) < 4.78 is 0. The van der Waals surface area contributed by atoms with Crippen LogP contribution in [0.15, 0.2) is 6.07 Å². The standard InChI is InChI=1S/C38H72N2/c1-4-7-9-11-13-15-17-19-21-23-25-27-29-31-33-36-35-37(40-38(6-3)39-36)34-32-30-28-26-24-22-20-18-16-14-12-10-8-5-2/h35H,4-34H2,1-3H3. The molecule has 0 unspecified atom stereocenters. The molecule has 0 aromatic carbocycles. The molecule has 0 bridgehead atoms. The van der Waals surface area contributed by atoms with Crippen LogP contribution >= 0.6 is 0 Å². The van der Waals surface area contributed by atoms with Gasteiger partial charge in [0.15, 0.2) is 0 Å². The molecule has 0 N–H and O–H groups in total. The Bertz CT molecular complexity index is 590. The van der Waals surface area contributed by atoms with Gasteiger partial charge in [-0.1, -0.05) is 188 Å². The lowest BCUT2D eigenvalue weighted by molar-refractivity contribution is 0.534. The summed E-state index contributed by atoms with van der Waals surface area (Å²) in [6, 6.07) is 2.32. The summed E-state index contributed by atoms with van der Waals surface area (Å²) in [5, 5.41) is 0. The minimum Gasteiger partial charge on any atom is -0.238 e. The Balaban J connectivity index is 2.01. The number of nitrogens with zero attached hydrogens (tertiary/aromatic N) is 2. The summed E-state index contributed by atoms with van der Waals surface area (Å²) in [4.78, 5) is 9.72. The van der Waals surface area contributed by atoms with E-state index in [2.05, 4.69) is 26.8 Å². The van der Waals surface area contributed by atoms with Gasteiger partial charge in [-0.25, -0.2) is 9.97 Å². The van der Waals surface area contributed by atoms with Gasteiger partial charge in [-0.2, -0.15) is 0 Å². The van der Waals surface area contributed by atoms with Gasteiger partial charge >= 0.3 is 0 Å². The van der Waals surface area contributed by atoms with Crippen LogP contribution in [0.3, 0.4) is 0 Å². The van der Waals surface area contributed by atoms with Gasteiger partial charge in [0.2, 0.25) is 0 Å². The van der Waals surface area contributed by atoms with Gasteiger partial charge in [0.05, 0.1) is 0 Å². The molecule has 2 nitrogen and oxygen atoms in total. The van der Waals surface area contributed by atoms with Gasteiger partial charge in [-0.3, -0.25) is 0 Å². The lowest BCUT2D eigenvalue weighted by Crippen LogP contribution is -2.03. The molecule has 0 amide bonds. The predicted octanol–water partition coefficient (Wildman–Crippen LogP) is 13.1. The fraction of sp³-hybridized carbons (Fsp3) is 0.895. The van der Waals surface area contributed by atoms with Gasteiger partial charge in [0.25, 0.3) is 0 Å². The molecule has 234 valence electrons. The lowest BCUT2D eigenvalue weighted by atomic mass is 10.0. The normalized spacial score (nSPS) is 11.5. The molecule has 0 saturated heterocycles. The first-order valence-electron chi connectivity index (χ1n) is 18.7. The predicted molar refractivity (Wildman–Crippen MR) is 179 cm³/mol. The second-order valence-electron chi connectivity index (χ2n) is 12.8. The number of aryl methyl sites for hydroxylation is 3. The molecule has 0 aliphatic rings. The smallest absolute Gasteiger partial charge is 0.128 e. The Morgan fingerprint density at radius 3 is 0.850 bits per heavy atom. The first-order chi connectivity index (χ1) is 19.8. The molecular formula is C38H72N2. The summed E-state index contributed by atoms with van der Waals surface area (Å²) in [6.07, 6.45) is 43.0. The maximum Gasteiger partial charge on any atom is 0.128 e. The van der Waals surface area contributed by atoms with Crippen LogP contribution in [0.2, 0.25) is 0 Å². The monoisotopic (exact) mass is 557 g/mol. The second-order valence-corrected chi connectivity index (χ2v) is 12.8. The maximum atomic E-state index is 4.86. The van der Waals surface area contributed by atoms with Gasteiger partial charge < -0.3 is 0 Å². The fourth-order valence-corrected chi connectivity index (χ4v) is 6.03. The third-order valence-corrected chi connectivity index (χ3v) is 8.77. The van der Waals surface area contributed by atoms with Crippen LogP contribution < -0.4 is 0 Å². The van der Waals surface area contributed by atoms with Gasteiger partial charge in [0.1, 0.15) is 5.82 Å². The fourth-order valence-electron chi connectivity index (χ4n) is 6.03. The van der Waals surface area contributed by atoms with Crippen LogP contribution in [0.1, 0.15) is 218 Å². The van der Waals surface area contributed by atoms with Crippen molar-refractivity contribution in [1.82, 2.24) is 9.97 Å². The van der Waals surface area contributed by atoms with Gasteiger partial charge in [-0.05, 0) is 31.7 Å². The summed E-state index contributed by atoms with van der Waals surface area (Å²) in [7, 11) is 0. The van der Waals surface area contributed by atoms with Crippen LogP contribution in [0.5, 0.6) is 0 Å². The number of aromatic nitrogens is 2. The summed E-state index contributed by atoms with van der Waals surface area (Å²) >= 11 is 0. The molecule has 40 heavy (non-hydrogen) atoms. The topological polar surface area (TPSA) is 25.8 Å². The molecule has 0 saturated carbocycles. The Hall–Kier alpha value is -0.920. The lowest BCUT2D eigenvalue weighted by Gasteiger charge is -2.08. The van der Waals surface area contributed by atoms with Crippen molar-refractivity contribution in [3.63, 3.8) is 0 Å². The van der Waals surface area contributed by atoms with Crippen LogP contribution in [0, 0.1) is 0 Å². The van der Waals surface area contributed by atoms with Crippen molar-refractivity contribution in [3.05, 3.63) is 23.3 Å². The molecule has 0 aliphatic carbocycles. The van der Waals surface area contributed by atoms with E-state index in [0.29, 0.717) is 0 Å². The summed E-state index contributed by atoms with van der Waals surface area (Å²) in [5.41, 5.74) is 2.59. The van der Waals surface area contributed by atoms with E-state index in [9.17, 15) is 0 Å². The van der Waals surface area contributed by atoms with Gasteiger partial charge in [-0.15, -0.1) is 0 Å². The van der Waals surface area contributed by atoms with Crippen molar-refractivity contribution < 1.29 is 0 Å². The Morgan fingerprint density at radius 1 is 0.350 bits per heavy atom. The summed E-state index contributed by atoms with van der Waals surface area (Å²) in [6.45, 7) is 6.80. The average Bonchev–Trinajstić information content (AvgIpc) is 2.97. The first-order valence-corrected chi connectivity index (χ1v) is 18.7. The molecule has 0 fully saturated rings. The zero-order valence-electron chi connectivity index (χ0n) is 27.9. The number of hydrogen-bond donors (Lipinski definition) is 0. The molecule has 0 atom stereocenters. The van der Waals surface area contributed by atoms with E-state index in [1.165, 1.54) is 191 Å². The third-order valence-electron chi connectivity index (χ3n) is 8.77. The molecule has 0 radical (unpaired) electrons. The maximum absolute atomic E-state index is 4.86. The zero-order valence-corrected chi connectivity index (χ0v) is 27.9. The Kier molecular flexibility index (Phi) is 27.4. The molecule has 1 heterocycles. The molecule has 0 spiro atoms. The van der Waals surface area contributed by atoms with E-state index in [1.807, 2.05) is 0 Å². The molecule has 1 rings (SSSR count). The molecule has 0 aliphatic heterocycles. The second kappa shape index (κ2) is 29.6. The highest BCUT2D eigenvalue weighted by Crippen LogP contribution is 2.16. The minimum atomic E-state index is 0.957. The van der Waals surface area contributed by atoms with Crippen molar-refractivity contribution in [2.45, 2.75) is 220 Å². The van der Waals surface area contributed by atoms with E-state index < -0.39 is 0 Å². The van der Waals surface area contributed by atoms with E-state index in [1.54, 1.807) is 0 Å². The van der Waals surface area contributed by atoms with Crippen molar-refractivity contribution >= 4 is 0 Å². The SMILES string of the molecule is CCCCCCCCCCCCCCCCc1cc(CCCCCCCCCCCCCCCC)nc(CC)n1. The van der Waals surface area contributed by atoms with Crippen LogP contribution in [-0.2, 0) is 19.3 Å². The van der Waals surface area contributed by atoms with Crippen molar-refractivity contribution in [2.24, 2.45) is 0 Å². The quantitative estimate of drug-likeness (QED) is 0.0850. The zero-order chi connectivity index (χ0) is 28.8. The van der Waals surface area contributed by atoms with Crippen molar-refractivity contribution in [1.29, 1.82) is 0 Å². The summed E-state index contributed by atoms with van der Waals surface area (Å²) in [5.74, 6) is 1.06. The van der Waals surface area contributed by atoms with E-state index >= 15 is 0 Å². The third kappa shape index (κ3) is 23.8. The number of hydrogen-bond acceptors (Lipinski definition) is 2. The highest BCUT2D eigenvalue weighted by molar-refractivity contribution is 5.12. The molecule has 1 aromatic heterocycles. The van der Waals surface area contributed by atoms with Crippen LogP contribution in [0.4, 0.5) is 0 Å². The number of unbranched alkanes of at least 4 members (excludes halogenated alkanes) is 26. The largest absolute Gasteiger partial charge is 0.238 e. The van der Waals surface area contributed by atoms with E-state index in [0.717, 1.165) is 25.1 Å². The van der Waals surface area contributed by atoms with E-state index in [-0.39, 0.29) is 0 Å². The number of rotatable bonds is 31. The molecule has 1 aromatic rings. The van der Waals surface area contributed by atoms with Crippen LogP contribution in [-0.4, -0.2) is 9.97 Å². The van der Waals surface area contributed by atoms with Crippen molar-refractivity contribution in [2.75, 3.05) is 0 Å². The molecule has 2 heteroatoms. The van der Waals surface area contributed by atoms with Gasteiger partial charge in [0, 0.05) is 17.8 Å². The first kappa shape index (κ1) is 37.1.